The summed E-state index contributed by atoms with van der Waals surface area (Å²) in [5.74, 6) is 2.09. The summed E-state index contributed by atoms with van der Waals surface area (Å²) in [6.07, 6.45) is 1.79. The molecular formula is C35H31NO6. The standard InChI is InChI=1S/C35H31NO6/c1-24(35(37)38)22-41-33-18-17-31(39-20-19-32-25(2)42-34(36-32)28-11-7-4-8-12-28)21-29(33)23-40-30-15-13-27(14-16-30)26-9-5-3-6-10-26/h3-18,21-22H,19-20,23H2,1-2H3,(H,37,38). The summed E-state index contributed by atoms with van der Waals surface area (Å²) in [7, 11) is 0. The second-order valence-corrected chi connectivity index (χ2v) is 9.66. The van der Waals surface area contributed by atoms with Crippen LogP contribution in [-0.2, 0) is 17.8 Å². The Hall–Kier alpha value is -5.30. The predicted molar refractivity (Wildman–Crippen MR) is 161 cm³/mol. The molecule has 0 unspecified atom stereocenters. The lowest BCUT2D eigenvalue weighted by Gasteiger charge is -2.14. The maximum atomic E-state index is 11.2. The molecule has 0 aliphatic carbocycles. The van der Waals surface area contributed by atoms with Crippen LogP contribution in [0, 0.1) is 6.92 Å². The molecule has 0 spiro atoms. The number of benzene rings is 4. The van der Waals surface area contributed by atoms with E-state index in [0.29, 0.717) is 41.7 Å². The van der Waals surface area contributed by atoms with Crippen LogP contribution in [0.2, 0.25) is 0 Å². The first kappa shape index (κ1) is 28.2. The molecule has 42 heavy (non-hydrogen) atoms. The van der Waals surface area contributed by atoms with Crippen LogP contribution < -0.4 is 14.2 Å². The average molecular weight is 562 g/mol. The summed E-state index contributed by atoms with van der Waals surface area (Å²) in [6.45, 7) is 3.95. The summed E-state index contributed by atoms with van der Waals surface area (Å²) in [6, 6.07) is 33.1. The van der Waals surface area contributed by atoms with Crippen LogP contribution in [0.5, 0.6) is 17.2 Å². The molecule has 0 saturated carbocycles. The van der Waals surface area contributed by atoms with Crippen molar-refractivity contribution in [2.75, 3.05) is 6.61 Å². The average Bonchev–Trinajstić information content (AvgIpc) is 3.40. The van der Waals surface area contributed by atoms with Crippen molar-refractivity contribution in [3.8, 4) is 39.8 Å². The van der Waals surface area contributed by atoms with E-state index in [1.165, 1.54) is 13.2 Å². The van der Waals surface area contributed by atoms with Gasteiger partial charge in [-0.3, -0.25) is 0 Å². The Morgan fingerprint density at radius 1 is 0.833 bits per heavy atom. The smallest absolute Gasteiger partial charge is 0.334 e. The normalized spacial score (nSPS) is 11.2. The number of ether oxygens (including phenoxy) is 3. The highest BCUT2D eigenvalue weighted by molar-refractivity contribution is 5.85. The second-order valence-electron chi connectivity index (χ2n) is 9.66. The van der Waals surface area contributed by atoms with Crippen LogP contribution in [-0.4, -0.2) is 22.7 Å². The van der Waals surface area contributed by atoms with Gasteiger partial charge in [-0.25, -0.2) is 9.78 Å². The van der Waals surface area contributed by atoms with E-state index in [0.717, 1.165) is 28.1 Å². The molecule has 0 aliphatic heterocycles. The third-order valence-corrected chi connectivity index (χ3v) is 6.61. The van der Waals surface area contributed by atoms with E-state index in [1.807, 2.05) is 85.8 Å². The molecule has 0 radical (unpaired) electrons. The van der Waals surface area contributed by atoms with E-state index >= 15 is 0 Å². The van der Waals surface area contributed by atoms with Crippen molar-refractivity contribution < 1.29 is 28.5 Å². The summed E-state index contributed by atoms with van der Waals surface area (Å²) >= 11 is 0. The van der Waals surface area contributed by atoms with Gasteiger partial charge in [0.1, 0.15) is 35.9 Å². The van der Waals surface area contributed by atoms with Gasteiger partial charge in [-0.05, 0) is 67.4 Å². The van der Waals surface area contributed by atoms with Crippen molar-refractivity contribution in [1.29, 1.82) is 0 Å². The third kappa shape index (κ3) is 7.26. The second kappa shape index (κ2) is 13.4. The van der Waals surface area contributed by atoms with Gasteiger partial charge in [0, 0.05) is 17.5 Å². The molecule has 0 amide bonds. The molecule has 5 aromatic rings. The Morgan fingerprint density at radius 3 is 2.17 bits per heavy atom. The number of rotatable bonds is 12. The zero-order chi connectivity index (χ0) is 29.3. The number of nitrogens with zero attached hydrogens (tertiary/aromatic N) is 1. The van der Waals surface area contributed by atoms with Gasteiger partial charge in [0.2, 0.25) is 5.89 Å². The van der Waals surface area contributed by atoms with Gasteiger partial charge < -0.3 is 23.7 Å². The number of hydrogen-bond acceptors (Lipinski definition) is 6. The van der Waals surface area contributed by atoms with E-state index in [-0.39, 0.29) is 12.2 Å². The summed E-state index contributed by atoms with van der Waals surface area (Å²) in [4.78, 5) is 15.9. The van der Waals surface area contributed by atoms with Gasteiger partial charge in [0.25, 0.3) is 0 Å². The van der Waals surface area contributed by atoms with Crippen molar-refractivity contribution in [1.82, 2.24) is 4.98 Å². The summed E-state index contributed by atoms with van der Waals surface area (Å²) < 4.78 is 23.7. The van der Waals surface area contributed by atoms with E-state index < -0.39 is 5.97 Å². The number of carboxylic acid groups (broad SMARTS) is 1. The topological polar surface area (TPSA) is 91.0 Å². The van der Waals surface area contributed by atoms with Gasteiger partial charge in [0.05, 0.1) is 17.9 Å². The van der Waals surface area contributed by atoms with E-state index in [1.54, 1.807) is 12.1 Å². The number of carboxylic acids is 1. The largest absolute Gasteiger partial charge is 0.493 e. The lowest BCUT2D eigenvalue weighted by atomic mass is 10.1. The van der Waals surface area contributed by atoms with Gasteiger partial charge in [-0.15, -0.1) is 0 Å². The number of oxazole rings is 1. The first-order chi connectivity index (χ1) is 20.5. The molecular weight excluding hydrogens is 530 g/mol. The molecule has 0 aliphatic rings. The number of carbonyl (C=O) groups is 1. The Bertz CT molecular complexity index is 1660. The number of aromatic nitrogens is 1. The van der Waals surface area contributed by atoms with Gasteiger partial charge >= 0.3 is 5.97 Å². The van der Waals surface area contributed by atoms with Crippen molar-refractivity contribution in [2.24, 2.45) is 0 Å². The molecule has 0 saturated heterocycles. The number of hydrogen-bond donors (Lipinski definition) is 1. The Labute approximate surface area is 244 Å². The maximum Gasteiger partial charge on any atom is 0.334 e. The van der Waals surface area contributed by atoms with E-state index in [4.69, 9.17) is 18.6 Å². The van der Waals surface area contributed by atoms with Gasteiger partial charge in [0.15, 0.2) is 0 Å². The molecule has 1 N–H and O–H groups in total. The molecule has 0 atom stereocenters. The number of aliphatic carboxylic acids is 1. The minimum absolute atomic E-state index is 0.0801. The Balaban J connectivity index is 1.27. The van der Waals surface area contributed by atoms with Crippen molar-refractivity contribution in [2.45, 2.75) is 26.9 Å². The van der Waals surface area contributed by atoms with Crippen LogP contribution >= 0.6 is 0 Å². The summed E-state index contributed by atoms with van der Waals surface area (Å²) in [5.41, 5.74) is 4.77. The molecule has 1 aromatic heterocycles. The third-order valence-electron chi connectivity index (χ3n) is 6.61. The maximum absolute atomic E-state index is 11.2. The minimum Gasteiger partial charge on any atom is -0.493 e. The highest BCUT2D eigenvalue weighted by Gasteiger charge is 2.13. The molecule has 7 heteroatoms. The first-order valence-electron chi connectivity index (χ1n) is 13.6. The van der Waals surface area contributed by atoms with Crippen LogP contribution in [0.4, 0.5) is 0 Å². The summed E-state index contributed by atoms with van der Waals surface area (Å²) in [5, 5.41) is 9.20. The molecule has 212 valence electrons. The fourth-order valence-electron chi connectivity index (χ4n) is 4.24. The van der Waals surface area contributed by atoms with Crippen LogP contribution in [0.25, 0.3) is 22.6 Å². The molecule has 5 rings (SSSR count). The van der Waals surface area contributed by atoms with Crippen LogP contribution in [0.3, 0.4) is 0 Å². The zero-order valence-electron chi connectivity index (χ0n) is 23.4. The molecule has 0 fully saturated rings. The predicted octanol–water partition coefficient (Wildman–Crippen LogP) is 7.88. The number of aryl methyl sites for hydroxylation is 1. The molecule has 4 aromatic carbocycles. The lowest BCUT2D eigenvalue weighted by Crippen LogP contribution is -2.05. The SMILES string of the molecule is CC(=COc1ccc(OCCc2nc(-c3ccccc3)oc2C)cc1COc1ccc(-c2ccccc2)cc1)C(=O)O. The van der Waals surface area contributed by atoms with Crippen molar-refractivity contribution in [3.05, 3.63) is 132 Å². The fourth-order valence-corrected chi connectivity index (χ4v) is 4.24. The van der Waals surface area contributed by atoms with Crippen LogP contribution in [0.1, 0.15) is 23.9 Å². The van der Waals surface area contributed by atoms with Gasteiger partial charge in [-0.2, -0.15) is 0 Å². The fraction of sp³-hybridized carbons (Fsp3) is 0.143. The Morgan fingerprint density at radius 2 is 1.48 bits per heavy atom. The van der Waals surface area contributed by atoms with Gasteiger partial charge in [-0.1, -0.05) is 60.7 Å². The highest BCUT2D eigenvalue weighted by atomic mass is 16.5. The van der Waals surface area contributed by atoms with Crippen molar-refractivity contribution in [3.63, 3.8) is 0 Å². The van der Waals surface area contributed by atoms with E-state index in [9.17, 15) is 9.90 Å². The Kier molecular flexibility index (Phi) is 8.99. The first-order valence-corrected chi connectivity index (χ1v) is 13.6. The van der Waals surface area contributed by atoms with E-state index in [2.05, 4.69) is 17.1 Å². The lowest BCUT2D eigenvalue weighted by molar-refractivity contribution is -0.132. The monoisotopic (exact) mass is 561 g/mol. The zero-order valence-corrected chi connectivity index (χ0v) is 23.4. The molecule has 1 heterocycles. The van der Waals surface area contributed by atoms with Crippen LogP contribution in [0.15, 0.2) is 119 Å². The molecule has 7 nitrogen and oxygen atoms in total. The highest BCUT2D eigenvalue weighted by Crippen LogP contribution is 2.28. The molecule has 0 bridgehead atoms. The van der Waals surface area contributed by atoms with Crippen molar-refractivity contribution >= 4 is 5.97 Å². The minimum atomic E-state index is -1.05. The quantitative estimate of drug-likeness (QED) is 0.122.